The predicted octanol–water partition coefficient (Wildman–Crippen LogP) is 2.62. The molecule has 0 aliphatic carbocycles. The minimum atomic E-state index is -1.49. The second-order valence-corrected chi connectivity index (χ2v) is 8.25. The minimum Gasteiger partial charge on any atom is -0.479 e. The lowest BCUT2D eigenvalue weighted by atomic mass is 10.1. The van der Waals surface area contributed by atoms with Gasteiger partial charge in [-0.1, -0.05) is 12.1 Å². The zero-order chi connectivity index (χ0) is 20.4. The molecule has 1 heterocycles. The second-order valence-electron chi connectivity index (χ2n) is 6.49. The van der Waals surface area contributed by atoms with Crippen molar-refractivity contribution in [2.75, 3.05) is 5.32 Å². The molecular formula is C20H19NO6S. The van der Waals surface area contributed by atoms with Crippen molar-refractivity contribution in [2.24, 2.45) is 0 Å². The van der Waals surface area contributed by atoms with Gasteiger partial charge in [-0.05, 0) is 49.7 Å². The van der Waals surface area contributed by atoms with Gasteiger partial charge in [-0.15, -0.1) is 0 Å². The van der Waals surface area contributed by atoms with Gasteiger partial charge in [-0.2, -0.15) is 0 Å². The van der Waals surface area contributed by atoms with Crippen LogP contribution < -0.4 is 10.1 Å². The molecule has 0 radical (unpaired) electrons. The monoisotopic (exact) mass is 401 g/mol. The van der Waals surface area contributed by atoms with Gasteiger partial charge in [0, 0.05) is 22.1 Å². The van der Waals surface area contributed by atoms with E-state index in [-0.39, 0.29) is 23.0 Å². The first kappa shape index (κ1) is 19.8. The Morgan fingerprint density at radius 2 is 1.82 bits per heavy atom. The van der Waals surface area contributed by atoms with Gasteiger partial charge in [0.2, 0.25) is 0 Å². The van der Waals surface area contributed by atoms with E-state index in [4.69, 9.17) is 9.84 Å². The molecule has 1 aliphatic heterocycles. The molecule has 3 unspecified atom stereocenters. The molecule has 146 valence electrons. The number of nitrogens with one attached hydrogen (secondary N) is 1. The fourth-order valence-electron chi connectivity index (χ4n) is 2.75. The number of Topliss-reactive ketones (excluding diaryl/α,β-unsaturated/α-hetero) is 1. The fourth-order valence-corrected chi connectivity index (χ4v) is 3.89. The summed E-state index contributed by atoms with van der Waals surface area (Å²) < 4.78 is 18.1. The lowest BCUT2D eigenvalue weighted by molar-refractivity contribution is -0.122. The van der Waals surface area contributed by atoms with Crippen LogP contribution in [-0.2, 0) is 21.3 Å². The molecule has 0 saturated heterocycles. The van der Waals surface area contributed by atoms with E-state index >= 15 is 0 Å². The van der Waals surface area contributed by atoms with Gasteiger partial charge in [0.25, 0.3) is 5.91 Å². The van der Waals surface area contributed by atoms with E-state index in [0.717, 1.165) is 0 Å². The zero-order valence-corrected chi connectivity index (χ0v) is 16.1. The van der Waals surface area contributed by atoms with Crippen molar-refractivity contribution < 1.29 is 28.4 Å². The average molecular weight is 401 g/mol. The predicted molar refractivity (Wildman–Crippen MR) is 104 cm³/mol. The summed E-state index contributed by atoms with van der Waals surface area (Å²) in [7, 11) is -1.49. The Morgan fingerprint density at radius 1 is 1.18 bits per heavy atom. The normalized spacial score (nSPS) is 17.6. The summed E-state index contributed by atoms with van der Waals surface area (Å²) in [6.07, 6.45) is -0.604. The van der Waals surface area contributed by atoms with E-state index in [2.05, 4.69) is 5.32 Å². The highest BCUT2D eigenvalue weighted by Gasteiger charge is 2.26. The first-order valence-corrected chi connectivity index (χ1v) is 9.99. The van der Waals surface area contributed by atoms with E-state index < -0.39 is 28.1 Å². The Morgan fingerprint density at radius 3 is 2.46 bits per heavy atom. The van der Waals surface area contributed by atoms with E-state index in [1.54, 1.807) is 38.1 Å². The molecule has 7 nitrogen and oxygen atoms in total. The number of hydrogen-bond acceptors (Lipinski definition) is 5. The van der Waals surface area contributed by atoms with Gasteiger partial charge in [0.05, 0.1) is 16.5 Å². The maximum absolute atomic E-state index is 12.7. The lowest BCUT2D eigenvalue weighted by Gasteiger charge is -2.23. The molecular weight excluding hydrogens is 382 g/mol. The quantitative estimate of drug-likeness (QED) is 0.720. The van der Waals surface area contributed by atoms with Crippen molar-refractivity contribution in [3.05, 3.63) is 59.2 Å². The van der Waals surface area contributed by atoms with Crippen LogP contribution in [0.3, 0.4) is 0 Å². The Hall–Kier alpha value is -3.00. The summed E-state index contributed by atoms with van der Waals surface area (Å²) in [6, 6.07) is 10.8. The maximum atomic E-state index is 12.7. The van der Waals surface area contributed by atoms with Crippen LogP contribution in [0, 0.1) is 0 Å². The van der Waals surface area contributed by atoms with Crippen LogP contribution in [0.4, 0.5) is 5.69 Å². The second kappa shape index (κ2) is 7.93. The molecule has 2 aromatic carbocycles. The van der Waals surface area contributed by atoms with Crippen molar-refractivity contribution in [1.29, 1.82) is 0 Å². The van der Waals surface area contributed by atoms with Gasteiger partial charge in [-0.3, -0.25) is 13.8 Å². The molecule has 0 bridgehead atoms. The number of ketones is 1. The smallest absolute Gasteiger partial charge is 0.335 e. The fraction of sp³-hybridized carbons (Fsp3) is 0.250. The number of amides is 1. The summed E-state index contributed by atoms with van der Waals surface area (Å²) in [5, 5.41) is 10.8. The third-order valence-corrected chi connectivity index (χ3v) is 6.09. The van der Waals surface area contributed by atoms with E-state index in [1.807, 2.05) is 0 Å². The van der Waals surface area contributed by atoms with Crippen molar-refractivity contribution in [2.45, 2.75) is 31.0 Å². The molecule has 8 heteroatoms. The molecule has 28 heavy (non-hydrogen) atoms. The van der Waals surface area contributed by atoms with Crippen molar-refractivity contribution in [1.82, 2.24) is 0 Å². The van der Waals surface area contributed by atoms with Gasteiger partial charge in [-0.25, -0.2) is 4.79 Å². The van der Waals surface area contributed by atoms with Gasteiger partial charge >= 0.3 is 5.97 Å². The standard InChI is InChI=1S/C20H19NO6S/c1-11-19(23)21-16-9-15(7-8-17(16)27-11)18(22)12(2)28(26)10-13-3-5-14(6-4-13)20(24)25/h3-9,11-12H,10H2,1-2H3,(H,21,23)(H,24,25). The number of carbonyl (C=O) groups excluding carboxylic acids is 2. The molecule has 0 saturated carbocycles. The average Bonchev–Trinajstić information content (AvgIpc) is 2.67. The maximum Gasteiger partial charge on any atom is 0.335 e. The number of ether oxygens (including phenoxy) is 1. The Bertz CT molecular complexity index is 969. The van der Waals surface area contributed by atoms with E-state index in [9.17, 15) is 18.6 Å². The lowest BCUT2D eigenvalue weighted by Crippen LogP contribution is -2.34. The molecule has 2 N–H and O–H groups in total. The van der Waals surface area contributed by atoms with Crippen LogP contribution in [0.1, 0.15) is 40.1 Å². The third kappa shape index (κ3) is 4.12. The van der Waals surface area contributed by atoms with E-state index in [0.29, 0.717) is 22.6 Å². The van der Waals surface area contributed by atoms with Crippen LogP contribution >= 0.6 is 0 Å². The van der Waals surface area contributed by atoms with Crippen LogP contribution in [0.15, 0.2) is 42.5 Å². The minimum absolute atomic E-state index is 0.134. The van der Waals surface area contributed by atoms with Gasteiger partial charge in [0.1, 0.15) is 5.75 Å². The molecule has 3 rings (SSSR count). The largest absolute Gasteiger partial charge is 0.479 e. The highest BCUT2D eigenvalue weighted by molar-refractivity contribution is 7.85. The summed E-state index contributed by atoms with van der Waals surface area (Å²) in [5.74, 6) is -1.02. The van der Waals surface area contributed by atoms with Crippen molar-refractivity contribution >= 4 is 34.1 Å². The van der Waals surface area contributed by atoms with Crippen LogP contribution in [-0.4, -0.2) is 38.3 Å². The van der Waals surface area contributed by atoms with Crippen molar-refractivity contribution in [3.8, 4) is 5.75 Å². The molecule has 1 aliphatic rings. The Kier molecular flexibility index (Phi) is 5.60. The van der Waals surface area contributed by atoms with Gasteiger partial charge in [0.15, 0.2) is 11.9 Å². The summed E-state index contributed by atoms with van der Waals surface area (Å²) in [6.45, 7) is 3.21. The van der Waals surface area contributed by atoms with Crippen molar-refractivity contribution in [3.63, 3.8) is 0 Å². The number of fused-ring (bicyclic) bond motifs is 1. The Balaban J connectivity index is 1.71. The summed E-state index contributed by atoms with van der Waals surface area (Å²) in [5.41, 5.74) is 1.57. The number of anilines is 1. The molecule has 0 fully saturated rings. The van der Waals surface area contributed by atoms with E-state index in [1.165, 1.54) is 18.2 Å². The van der Waals surface area contributed by atoms with Crippen LogP contribution in [0.2, 0.25) is 0 Å². The molecule has 1 amide bonds. The molecule has 0 aromatic heterocycles. The molecule has 0 spiro atoms. The SMILES string of the molecule is CC1Oc2ccc(C(=O)C(C)S(=O)Cc3ccc(C(=O)O)cc3)cc2NC1=O. The number of benzene rings is 2. The van der Waals surface area contributed by atoms with Crippen LogP contribution in [0.25, 0.3) is 0 Å². The first-order chi connectivity index (χ1) is 13.3. The molecule has 2 aromatic rings. The highest BCUT2D eigenvalue weighted by atomic mass is 32.2. The third-order valence-electron chi connectivity index (χ3n) is 4.47. The highest BCUT2D eigenvalue weighted by Crippen LogP contribution is 2.31. The number of carboxylic acids is 1. The van der Waals surface area contributed by atoms with Crippen LogP contribution in [0.5, 0.6) is 5.75 Å². The Labute approximate surface area is 164 Å². The number of hydrogen-bond donors (Lipinski definition) is 2. The topological polar surface area (TPSA) is 110 Å². The zero-order valence-electron chi connectivity index (χ0n) is 15.3. The number of aromatic carboxylic acids is 1. The number of rotatable bonds is 6. The first-order valence-electron chi connectivity index (χ1n) is 8.61. The number of carbonyl (C=O) groups is 3. The number of carboxylic acid groups (broad SMARTS) is 1. The summed E-state index contributed by atoms with van der Waals surface area (Å²) >= 11 is 0. The van der Waals surface area contributed by atoms with Gasteiger partial charge < -0.3 is 15.2 Å². The summed E-state index contributed by atoms with van der Waals surface area (Å²) in [4.78, 5) is 35.4. The molecule has 3 atom stereocenters.